The summed E-state index contributed by atoms with van der Waals surface area (Å²) in [5.74, 6) is -0.0854. The molecule has 138 valence electrons. The van der Waals surface area contributed by atoms with E-state index in [0.29, 0.717) is 30.4 Å². The molecule has 3 rings (SSSR count). The second-order valence-electron chi connectivity index (χ2n) is 6.09. The third-order valence-electron chi connectivity index (χ3n) is 4.45. The van der Waals surface area contributed by atoms with Crippen LogP contribution in [0.1, 0.15) is 18.1 Å². The Labute approximate surface area is 158 Å². The molecule has 2 aromatic rings. The first-order chi connectivity index (χ1) is 12.5. The van der Waals surface area contributed by atoms with Gasteiger partial charge in [0, 0.05) is 32.3 Å². The van der Waals surface area contributed by atoms with E-state index in [0.717, 1.165) is 12.0 Å². The molecule has 1 aliphatic heterocycles. The van der Waals surface area contributed by atoms with Gasteiger partial charge in [-0.1, -0.05) is 37.3 Å². The van der Waals surface area contributed by atoms with Gasteiger partial charge in [-0.25, -0.2) is 8.42 Å². The standard InChI is InChI=1S/C19H22N2O3S2/c1-2-16-5-7-17(8-6-16)9-10-18(22)20-11-13-21(14-12-20)26(23,24)19-4-3-15-25-19/h3-10,15H,2,11-14H2,1H3. The topological polar surface area (TPSA) is 57.7 Å². The summed E-state index contributed by atoms with van der Waals surface area (Å²) in [5, 5.41) is 1.75. The van der Waals surface area contributed by atoms with Gasteiger partial charge in [-0.05, 0) is 35.1 Å². The minimum atomic E-state index is -3.43. The van der Waals surface area contributed by atoms with Crippen LogP contribution in [0.3, 0.4) is 0 Å². The molecule has 1 aromatic heterocycles. The SMILES string of the molecule is CCc1ccc(C=CC(=O)N2CCN(S(=O)(=O)c3cccs3)CC2)cc1. The van der Waals surface area contributed by atoms with Crippen molar-refractivity contribution in [2.45, 2.75) is 17.6 Å². The highest BCUT2D eigenvalue weighted by molar-refractivity contribution is 7.91. The van der Waals surface area contributed by atoms with Crippen LogP contribution in [-0.4, -0.2) is 49.7 Å². The van der Waals surface area contributed by atoms with Crippen LogP contribution in [-0.2, 0) is 21.2 Å². The van der Waals surface area contributed by atoms with Gasteiger partial charge in [-0.15, -0.1) is 11.3 Å². The van der Waals surface area contributed by atoms with E-state index in [1.165, 1.54) is 21.2 Å². The fraction of sp³-hybridized carbons (Fsp3) is 0.316. The van der Waals surface area contributed by atoms with Crippen molar-refractivity contribution in [3.05, 3.63) is 59.0 Å². The van der Waals surface area contributed by atoms with Crippen molar-refractivity contribution in [1.82, 2.24) is 9.21 Å². The van der Waals surface area contributed by atoms with E-state index in [1.54, 1.807) is 34.6 Å². The summed E-state index contributed by atoms with van der Waals surface area (Å²) in [4.78, 5) is 14.0. The molecule has 0 atom stereocenters. The Morgan fingerprint density at radius 2 is 1.81 bits per heavy atom. The van der Waals surface area contributed by atoms with Crippen LogP contribution >= 0.6 is 11.3 Å². The molecule has 1 aliphatic rings. The Morgan fingerprint density at radius 1 is 1.12 bits per heavy atom. The molecular formula is C19H22N2O3S2. The molecule has 0 aliphatic carbocycles. The predicted octanol–water partition coefficient (Wildman–Crippen LogP) is 2.86. The molecule has 0 N–H and O–H groups in total. The van der Waals surface area contributed by atoms with E-state index in [2.05, 4.69) is 19.1 Å². The van der Waals surface area contributed by atoms with Gasteiger partial charge < -0.3 is 4.90 Å². The third-order valence-corrected chi connectivity index (χ3v) is 7.72. The van der Waals surface area contributed by atoms with Crippen molar-refractivity contribution in [1.29, 1.82) is 0 Å². The average molecular weight is 391 g/mol. The first-order valence-electron chi connectivity index (χ1n) is 8.60. The largest absolute Gasteiger partial charge is 0.337 e. The lowest BCUT2D eigenvalue weighted by molar-refractivity contribution is -0.127. The van der Waals surface area contributed by atoms with Crippen LogP contribution in [0.5, 0.6) is 0 Å². The highest BCUT2D eigenvalue weighted by Gasteiger charge is 2.30. The Balaban J connectivity index is 1.57. The van der Waals surface area contributed by atoms with Crippen LogP contribution in [0.15, 0.2) is 52.1 Å². The summed E-state index contributed by atoms with van der Waals surface area (Å²) in [7, 11) is -3.43. The predicted molar refractivity (Wildman–Crippen MR) is 105 cm³/mol. The fourth-order valence-electron chi connectivity index (χ4n) is 2.82. The summed E-state index contributed by atoms with van der Waals surface area (Å²) in [6, 6.07) is 11.4. The van der Waals surface area contributed by atoms with Crippen molar-refractivity contribution in [2.75, 3.05) is 26.2 Å². The lowest BCUT2D eigenvalue weighted by atomic mass is 10.1. The second kappa shape index (κ2) is 8.16. The molecule has 26 heavy (non-hydrogen) atoms. The first-order valence-corrected chi connectivity index (χ1v) is 10.9. The van der Waals surface area contributed by atoms with E-state index in [1.807, 2.05) is 12.1 Å². The molecule has 0 unspecified atom stereocenters. The number of nitrogens with zero attached hydrogens (tertiary/aromatic N) is 2. The Kier molecular flexibility index (Phi) is 5.90. The smallest absolute Gasteiger partial charge is 0.252 e. The molecule has 0 bridgehead atoms. The van der Waals surface area contributed by atoms with Gasteiger partial charge in [0.15, 0.2) is 0 Å². The number of carbonyl (C=O) groups excluding carboxylic acids is 1. The molecule has 1 fully saturated rings. The summed E-state index contributed by atoms with van der Waals surface area (Å²) < 4.78 is 26.8. The van der Waals surface area contributed by atoms with Crippen LogP contribution in [0.25, 0.3) is 6.08 Å². The third kappa shape index (κ3) is 4.23. The Hall–Kier alpha value is -1.96. The van der Waals surface area contributed by atoms with E-state index in [9.17, 15) is 13.2 Å². The van der Waals surface area contributed by atoms with Gasteiger partial charge in [0.25, 0.3) is 10.0 Å². The average Bonchev–Trinajstić information content (AvgIpc) is 3.22. The number of benzene rings is 1. The molecule has 2 heterocycles. The van der Waals surface area contributed by atoms with E-state index in [-0.39, 0.29) is 5.91 Å². The molecule has 7 heteroatoms. The second-order valence-corrected chi connectivity index (χ2v) is 9.20. The lowest BCUT2D eigenvalue weighted by Crippen LogP contribution is -2.50. The van der Waals surface area contributed by atoms with Gasteiger partial charge in [0.1, 0.15) is 4.21 Å². The molecule has 0 spiro atoms. The number of hydrogen-bond donors (Lipinski definition) is 0. The zero-order valence-corrected chi connectivity index (χ0v) is 16.3. The number of aryl methyl sites for hydroxylation is 1. The van der Waals surface area contributed by atoms with Crippen molar-refractivity contribution in [3.8, 4) is 0 Å². The number of sulfonamides is 1. The molecule has 0 radical (unpaired) electrons. The zero-order valence-electron chi connectivity index (χ0n) is 14.7. The van der Waals surface area contributed by atoms with E-state index >= 15 is 0 Å². The Morgan fingerprint density at radius 3 is 2.38 bits per heavy atom. The van der Waals surface area contributed by atoms with Crippen molar-refractivity contribution in [2.24, 2.45) is 0 Å². The number of rotatable bonds is 5. The highest BCUT2D eigenvalue weighted by Crippen LogP contribution is 2.22. The fourth-order valence-corrected chi connectivity index (χ4v) is 5.39. The number of piperazine rings is 1. The van der Waals surface area contributed by atoms with Crippen molar-refractivity contribution < 1.29 is 13.2 Å². The van der Waals surface area contributed by atoms with Gasteiger partial charge in [0.2, 0.25) is 5.91 Å². The maximum Gasteiger partial charge on any atom is 0.252 e. The lowest BCUT2D eigenvalue weighted by Gasteiger charge is -2.33. The van der Waals surface area contributed by atoms with Crippen LogP contribution < -0.4 is 0 Å². The molecule has 1 saturated heterocycles. The minimum absolute atomic E-state index is 0.0854. The van der Waals surface area contributed by atoms with Crippen LogP contribution in [0, 0.1) is 0 Å². The number of hydrogen-bond acceptors (Lipinski definition) is 4. The first kappa shape index (κ1) is 18.8. The quantitative estimate of drug-likeness (QED) is 0.738. The summed E-state index contributed by atoms with van der Waals surface area (Å²) in [6.45, 7) is 3.56. The van der Waals surface area contributed by atoms with E-state index in [4.69, 9.17) is 0 Å². The van der Waals surface area contributed by atoms with Gasteiger partial charge in [-0.3, -0.25) is 4.79 Å². The van der Waals surface area contributed by atoms with Crippen molar-refractivity contribution >= 4 is 33.3 Å². The van der Waals surface area contributed by atoms with Gasteiger partial charge in [-0.2, -0.15) is 4.31 Å². The summed E-state index contributed by atoms with van der Waals surface area (Å²) in [6.07, 6.45) is 4.35. The Bertz CT molecular complexity index is 864. The van der Waals surface area contributed by atoms with Crippen molar-refractivity contribution in [3.63, 3.8) is 0 Å². The minimum Gasteiger partial charge on any atom is -0.337 e. The zero-order chi connectivity index (χ0) is 18.6. The van der Waals surface area contributed by atoms with Gasteiger partial charge in [0.05, 0.1) is 0 Å². The molecule has 1 aromatic carbocycles. The number of amides is 1. The monoisotopic (exact) mass is 390 g/mol. The molecule has 1 amide bonds. The molecule has 5 nitrogen and oxygen atoms in total. The van der Waals surface area contributed by atoms with Crippen LogP contribution in [0.2, 0.25) is 0 Å². The normalized spacial score (nSPS) is 16.3. The highest BCUT2D eigenvalue weighted by atomic mass is 32.2. The van der Waals surface area contributed by atoms with Gasteiger partial charge >= 0.3 is 0 Å². The maximum atomic E-state index is 12.5. The van der Waals surface area contributed by atoms with E-state index < -0.39 is 10.0 Å². The summed E-state index contributed by atoms with van der Waals surface area (Å²) in [5.41, 5.74) is 2.24. The number of carbonyl (C=O) groups is 1. The number of thiophene rings is 1. The van der Waals surface area contributed by atoms with Crippen LogP contribution in [0.4, 0.5) is 0 Å². The summed E-state index contributed by atoms with van der Waals surface area (Å²) >= 11 is 1.22. The molecule has 0 saturated carbocycles. The maximum absolute atomic E-state index is 12.5. The molecular weight excluding hydrogens is 368 g/mol.